The molecule has 3 aromatic carbocycles. The second kappa shape index (κ2) is 12.6. The van der Waals surface area contributed by atoms with E-state index in [4.69, 9.17) is 10.5 Å². The summed E-state index contributed by atoms with van der Waals surface area (Å²) in [5.74, 6) is -1.20. The number of rotatable bonds is 10. The van der Waals surface area contributed by atoms with Gasteiger partial charge in [0.15, 0.2) is 0 Å². The van der Waals surface area contributed by atoms with Crippen LogP contribution in [0.5, 0.6) is 0 Å². The maximum Gasteiger partial charge on any atom is 0.408 e. The van der Waals surface area contributed by atoms with Gasteiger partial charge in [-0.05, 0) is 28.8 Å². The van der Waals surface area contributed by atoms with E-state index < -0.39 is 30.0 Å². The fraction of sp³-hybridized carbons (Fsp3) is 0.192. The van der Waals surface area contributed by atoms with Crippen molar-refractivity contribution < 1.29 is 19.1 Å². The molecule has 8 heteroatoms. The number of benzene rings is 3. The number of amides is 3. The lowest BCUT2D eigenvalue weighted by atomic mass is 10.0. The number of hydrogen-bond acceptors (Lipinski definition) is 4. The quantitative estimate of drug-likeness (QED) is 0.377. The Labute approximate surface area is 206 Å². The number of nitrogens with two attached hydrogens (primary N) is 1. The first-order chi connectivity index (χ1) is 16.4. The Morgan fingerprint density at radius 3 is 1.97 bits per heavy atom. The van der Waals surface area contributed by atoms with E-state index in [1.165, 1.54) is 0 Å². The lowest BCUT2D eigenvalue weighted by molar-refractivity contribution is -0.128. The lowest BCUT2D eigenvalue weighted by Crippen LogP contribution is -2.54. The number of hydrogen-bond donors (Lipinski definition) is 3. The number of ether oxygens (including phenoxy) is 1. The number of carbonyl (C=O) groups is 3. The molecular formula is C26H26BrN3O4. The third kappa shape index (κ3) is 8.04. The van der Waals surface area contributed by atoms with Crippen LogP contribution in [0.2, 0.25) is 0 Å². The molecule has 3 aromatic rings. The molecule has 0 aromatic heterocycles. The highest BCUT2D eigenvalue weighted by molar-refractivity contribution is 9.10. The van der Waals surface area contributed by atoms with Crippen molar-refractivity contribution in [3.05, 3.63) is 106 Å². The first-order valence-electron chi connectivity index (χ1n) is 10.8. The molecule has 34 heavy (non-hydrogen) atoms. The van der Waals surface area contributed by atoms with Gasteiger partial charge < -0.3 is 21.1 Å². The SMILES string of the molecule is NC(=O)[C@@H](Cc1cccc(Br)c1)NC(=O)[C@H](Cc1ccccc1)NC(=O)OCc1ccccc1. The minimum Gasteiger partial charge on any atom is -0.445 e. The van der Waals surface area contributed by atoms with Gasteiger partial charge in [0.2, 0.25) is 11.8 Å². The number of halogens is 1. The van der Waals surface area contributed by atoms with E-state index in [1.54, 1.807) is 0 Å². The zero-order valence-corrected chi connectivity index (χ0v) is 20.0. The van der Waals surface area contributed by atoms with Crippen LogP contribution in [0.15, 0.2) is 89.4 Å². The zero-order valence-electron chi connectivity index (χ0n) is 18.4. The Hall–Kier alpha value is -3.65. The van der Waals surface area contributed by atoms with Crippen molar-refractivity contribution in [1.82, 2.24) is 10.6 Å². The molecule has 2 atom stereocenters. The summed E-state index contributed by atoms with van der Waals surface area (Å²) < 4.78 is 6.13. The van der Waals surface area contributed by atoms with Gasteiger partial charge in [0, 0.05) is 17.3 Å². The predicted molar refractivity (Wildman–Crippen MR) is 133 cm³/mol. The smallest absolute Gasteiger partial charge is 0.408 e. The molecule has 0 heterocycles. The molecule has 0 aliphatic heterocycles. The van der Waals surface area contributed by atoms with Crippen LogP contribution in [0.25, 0.3) is 0 Å². The molecule has 7 nitrogen and oxygen atoms in total. The Morgan fingerprint density at radius 2 is 1.35 bits per heavy atom. The molecule has 0 unspecified atom stereocenters. The third-order valence-corrected chi connectivity index (χ3v) is 5.59. The fourth-order valence-electron chi connectivity index (χ4n) is 3.36. The maximum absolute atomic E-state index is 13.1. The summed E-state index contributed by atoms with van der Waals surface area (Å²) in [7, 11) is 0. The highest BCUT2D eigenvalue weighted by Gasteiger charge is 2.26. The van der Waals surface area contributed by atoms with Crippen molar-refractivity contribution in [3.8, 4) is 0 Å². The van der Waals surface area contributed by atoms with Crippen molar-refractivity contribution >= 4 is 33.8 Å². The predicted octanol–water partition coefficient (Wildman–Crippen LogP) is 3.50. The topological polar surface area (TPSA) is 111 Å². The molecule has 0 aliphatic carbocycles. The average Bonchev–Trinajstić information content (AvgIpc) is 2.83. The molecule has 0 saturated heterocycles. The molecular weight excluding hydrogens is 498 g/mol. The van der Waals surface area contributed by atoms with Crippen molar-refractivity contribution in [1.29, 1.82) is 0 Å². The van der Waals surface area contributed by atoms with E-state index in [-0.39, 0.29) is 19.4 Å². The summed E-state index contributed by atoms with van der Waals surface area (Å²) in [6, 6.07) is 24.0. The Balaban J connectivity index is 1.69. The molecule has 0 radical (unpaired) electrons. The largest absolute Gasteiger partial charge is 0.445 e. The lowest BCUT2D eigenvalue weighted by Gasteiger charge is -2.22. The van der Waals surface area contributed by atoms with Crippen LogP contribution in [-0.2, 0) is 33.8 Å². The molecule has 0 bridgehead atoms. The Morgan fingerprint density at radius 1 is 0.765 bits per heavy atom. The van der Waals surface area contributed by atoms with Gasteiger partial charge in [-0.3, -0.25) is 9.59 Å². The Bertz CT molecular complexity index is 1110. The van der Waals surface area contributed by atoms with Crippen molar-refractivity contribution in [2.75, 3.05) is 0 Å². The van der Waals surface area contributed by atoms with Gasteiger partial charge in [0.1, 0.15) is 18.7 Å². The van der Waals surface area contributed by atoms with E-state index in [1.807, 2.05) is 84.9 Å². The van der Waals surface area contributed by atoms with Crippen molar-refractivity contribution in [3.63, 3.8) is 0 Å². The van der Waals surface area contributed by atoms with Crippen molar-refractivity contribution in [2.45, 2.75) is 31.5 Å². The molecule has 3 rings (SSSR count). The van der Waals surface area contributed by atoms with E-state index >= 15 is 0 Å². The van der Waals surface area contributed by atoms with Gasteiger partial charge in [-0.2, -0.15) is 0 Å². The first kappa shape index (κ1) is 25.0. The zero-order chi connectivity index (χ0) is 24.3. The van der Waals surface area contributed by atoms with Gasteiger partial charge >= 0.3 is 6.09 Å². The summed E-state index contributed by atoms with van der Waals surface area (Å²) in [6.07, 6.45) is -0.297. The molecule has 3 amide bonds. The minimum atomic E-state index is -0.963. The van der Waals surface area contributed by atoms with Crippen LogP contribution >= 0.6 is 15.9 Å². The van der Waals surface area contributed by atoms with Gasteiger partial charge in [-0.15, -0.1) is 0 Å². The van der Waals surface area contributed by atoms with Crippen LogP contribution in [0.1, 0.15) is 16.7 Å². The standard InChI is InChI=1S/C26H26BrN3O4/c27-21-13-7-12-20(14-21)16-22(24(28)31)29-25(32)23(15-18-8-3-1-4-9-18)30-26(33)34-17-19-10-5-2-6-11-19/h1-14,22-23H,15-17H2,(H2,28,31)(H,29,32)(H,30,33)/t22-,23+/m1/s1. The monoisotopic (exact) mass is 523 g/mol. The van der Waals surface area contributed by atoms with Crippen LogP contribution in [0.4, 0.5) is 4.79 Å². The van der Waals surface area contributed by atoms with Crippen LogP contribution in [0, 0.1) is 0 Å². The van der Waals surface area contributed by atoms with Crippen LogP contribution in [-0.4, -0.2) is 30.0 Å². The summed E-state index contributed by atoms with van der Waals surface area (Å²) in [5.41, 5.74) is 8.05. The Kier molecular flexibility index (Phi) is 9.22. The second-order valence-electron chi connectivity index (χ2n) is 7.75. The molecule has 0 saturated carbocycles. The summed E-state index contributed by atoms with van der Waals surface area (Å²) in [6.45, 7) is 0.0686. The highest BCUT2D eigenvalue weighted by atomic mass is 79.9. The molecule has 0 aliphatic rings. The van der Waals surface area contributed by atoms with E-state index in [0.717, 1.165) is 21.2 Å². The number of primary amides is 1. The molecule has 0 fully saturated rings. The fourth-order valence-corrected chi connectivity index (χ4v) is 3.81. The van der Waals surface area contributed by atoms with E-state index in [0.29, 0.717) is 0 Å². The molecule has 176 valence electrons. The van der Waals surface area contributed by atoms with Gasteiger partial charge in [-0.25, -0.2) is 4.79 Å². The molecule has 4 N–H and O–H groups in total. The van der Waals surface area contributed by atoms with Crippen LogP contribution < -0.4 is 16.4 Å². The van der Waals surface area contributed by atoms with Gasteiger partial charge in [0.05, 0.1) is 0 Å². The number of nitrogens with one attached hydrogen (secondary N) is 2. The van der Waals surface area contributed by atoms with E-state index in [9.17, 15) is 14.4 Å². The second-order valence-corrected chi connectivity index (χ2v) is 8.66. The van der Waals surface area contributed by atoms with Crippen molar-refractivity contribution in [2.24, 2.45) is 5.73 Å². The number of carbonyl (C=O) groups excluding carboxylic acids is 3. The van der Waals surface area contributed by atoms with Gasteiger partial charge in [0.25, 0.3) is 0 Å². The van der Waals surface area contributed by atoms with Crippen LogP contribution in [0.3, 0.4) is 0 Å². The maximum atomic E-state index is 13.1. The molecule has 0 spiro atoms. The number of alkyl carbamates (subject to hydrolysis) is 1. The first-order valence-corrected chi connectivity index (χ1v) is 11.6. The summed E-state index contributed by atoms with van der Waals surface area (Å²) in [5, 5.41) is 5.30. The summed E-state index contributed by atoms with van der Waals surface area (Å²) >= 11 is 3.39. The minimum absolute atomic E-state index is 0.0686. The summed E-state index contributed by atoms with van der Waals surface area (Å²) in [4.78, 5) is 37.7. The normalized spacial score (nSPS) is 12.3. The third-order valence-electron chi connectivity index (χ3n) is 5.09. The highest BCUT2D eigenvalue weighted by Crippen LogP contribution is 2.13. The van der Waals surface area contributed by atoms with Gasteiger partial charge in [-0.1, -0.05) is 88.7 Å². The van der Waals surface area contributed by atoms with E-state index in [2.05, 4.69) is 26.6 Å². The average molecular weight is 524 g/mol.